The number of thiophene rings is 1. The van der Waals surface area contributed by atoms with Gasteiger partial charge >= 0.3 is 0 Å². The Morgan fingerprint density at radius 2 is 2.03 bits per heavy atom. The minimum atomic E-state index is -3.62. The summed E-state index contributed by atoms with van der Waals surface area (Å²) in [6, 6.07) is 7.82. The Balaban J connectivity index is 1.75. The van der Waals surface area contributed by atoms with Gasteiger partial charge in [-0.15, -0.1) is 11.3 Å². The van der Waals surface area contributed by atoms with Gasteiger partial charge in [-0.25, -0.2) is 8.42 Å². The molecule has 1 aromatic heterocycles. The molecule has 162 valence electrons. The predicted molar refractivity (Wildman–Crippen MR) is 116 cm³/mol. The molecule has 1 fully saturated rings. The number of ether oxygens (including phenoxy) is 1. The first kappa shape index (κ1) is 22.3. The van der Waals surface area contributed by atoms with Crippen LogP contribution in [0.25, 0.3) is 0 Å². The molecule has 0 radical (unpaired) electrons. The number of carbonyl (C=O) groups is 2. The highest BCUT2D eigenvalue weighted by molar-refractivity contribution is 7.91. The third kappa shape index (κ3) is 5.18. The second kappa shape index (κ2) is 9.59. The number of anilines is 2. The highest BCUT2D eigenvalue weighted by atomic mass is 32.2. The number of hydrogen-bond acceptors (Lipinski definition) is 6. The fourth-order valence-electron chi connectivity index (χ4n) is 3.52. The Hall–Kier alpha value is -2.43. The van der Waals surface area contributed by atoms with Crippen molar-refractivity contribution in [1.82, 2.24) is 4.31 Å². The van der Waals surface area contributed by atoms with E-state index in [-0.39, 0.29) is 18.2 Å². The summed E-state index contributed by atoms with van der Waals surface area (Å²) in [7, 11) is -2.13. The molecule has 0 spiro atoms. The summed E-state index contributed by atoms with van der Waals surface area (Å²) < 4.78 is 33.0. The van der Waals surface area contributed by atoms with E-state index in [1.165, 1.54) is 29.7 Å². The molecular weight excluding hydrogens is 426 g/mol. The van der Waals surface area contributed by atoms with Crippen LogP contribution >= 0.6 is 11.3 Å². The summed E-state index contributed by atoms with van der Waals surface area (Å²) in [4.78, 5) is 24.1. The van der Waals surface area contributed by atoms with Gasteiger partial charge in [-0.1, -0.05) is 12.5 Å². The monoisotopic (exact) mass is 451 g/mol. The Labute approximate surface area is 180 Å². The average molecular weight is 452 g/mol. The van der Waals surface area contributed by atoms with Crippen LogP contribution in [0.3, 0.4) is 0 Å². The van der Waals surface area contributed by atoms with Gasteiger partial charge in [0, 0.05) is 31.6 Å². The summed E-state index contributed by atoms with van der Waals surface area (Å²) in [5.74, 6) is -0.0928. The van der Waals surface area contributed by atoms with Gasteiger partial charge in [-0.2, -0.15) is 4.31 Å². The fraction of sp³-hybridized carbons (Fsp3) is 0.400. The number of nitrogens with one attached hydrogen (secondary N) is 2. The molecule has 2 heterocycles. The van der Waals surface area contributed by atoms with E-state index in [9.17, 15) is 18.0 Å². The molecule has 3 rings (SSSR count). The molecule has 2 aromatic rings. The van der Waals surface area contributed by atoms with Crippen molar-refractivity contribution in [1.29, 1.82) is 0 Å². The van der Waals surface area contributed by atoms with Crippen molar-refractivity contribution in [3.05, 3.63) is 35.7 Å². The van der Waals surface area contributed by atoms with Crippen LogP contribution in [0, 0.1) is 0 Å². The zero-order valence-electron chi connectivity index (χ0n) is 16.9. The molecule has 0 aliphatic carbocycles. The minimum absolute atomic E-state index is 0.0398. The lowest BCUT2D eigenvalue weighted by molar-refractivity contribution is -0.117. The van der Waals surface area contributed by atoms with Crippen LogP contribution in [0.15, 0.2) is 39.9 Å². The minimum Gasteiger partial charge on any atom is -0.495 e. The largest absolute Gasteiger partial charge is 0.495 e. The second-order valence-corrected chi connectivity index (χ2v) is 10.1. The highest BCUT2D eigenvalue weighted by Crippen LogP contribution is 2.31. The van der Waals surface area contributed by atoms with Crippen molar-refractivity contribution in [2.75, 3.05) is 24.3 Å². The average Bonchev–Trinajstić information content (AvgIpc) is 3.24. The normalized spacial score (nSPS) is 17.3. The molecule has 0 saturated carbocycles. The van der Waals surface area contributed by atoms with Crippen LogP contribution < -0.4 is 15.4 Å². The van der Waals surface area contributed by atoms with Gasteiger partial charge in [-0.05, 0) is 42.5 Å². The Kier molecular flexibility index (Phi) is 7.11. The number of piperidine rings is 1. The molecule has 0 unspecified atom stereocenters. The first-order valence-electron chi connectivity index (χ1n) is 9.62. The second-order valence-electron chi connectivity index (χ2n) is 7.05. The van der Waals surface area contributed by atoms with Crippen molar-refractivity contribution < 1.29 is 22.7 Å². The van der Waals surface area contributed by atoms with E-state index < -0.39 is 16.1 Å². The standard InChI is InChI=1S/C20H25N3O5S2/c1-14(24)21-15-8-9-18(28-2)17(12-15)22-19(25)13-16-6-3-4-10-23(16)30(26,27)20-7-5-11-29-20/h5,7-9,11-12,16H,3-4,6,10,13H2,1-2H3,(H,21,24)(H,22,25)/t16-/m1/s1. The van der Waals surface area contributed by atoms with Gasteiger partial charge in [0.15, 0.2) is 0 Å². The zero-order valence-corrected chi connectivity index (χ0v) is 18.5. The Bertz CT molecular complexity index is 1010. The summed E-state index contributed by atoms with van der Waals surface area (Å²) >= 11 is 1.18. The number of hydrogen-bond donors (Lipinski definition) is 2. The first-order chi connectivity index (χ1) is 14.3. The maximum atomic E-state index is 13.0. The highest BCUT2D eigenvalue weighted by Gasteiger charge is 2.35. The maximum absolute atomic E-state index is 13.0. The number of rotatable bonds is 7. The van der Waals surface area contributed by atoms with Crippen LogP contribution in [-0.4, -0.2) is 44.2 Å². The molecule has 1 atom stereocenters. The predicted octanol–water partition coefficient (Wildman–Crippen LogP) is 3.29. The van der Waals surface area contributed by atoms with E-state index in [0.717, 1.165) is 12.8 Å². The summed E-state index contributed by atoms with van der Waals surface area (Å²) in [5.41, 5.74) is 0.940. The molecule has 30 heavy (non-hydrogen) atoms. The smallest absolute Gasteiger partial charge is 0.252 e. The molecular formula is C20H25N3O5S2. The lowest BCUT2D eigenvalue weighted by Gasteiger charge is -2.34. The third-order valence-corrected chi connectivity index (χ3v) is 8.17. The quantitative estimate of drug-likeness (QED) is 0.672. The lowest BCUT2D eigenvalue weighted by Crippen LogP contribution is -2.45. The zero-order chi connectivity index (χ0) is 21.7. The fourth-order valence-corrected chi connectivity index (χ4v) is 6.33. The summed E-state index contributed by atoms with van der Waals surface area (Å²) in [6.07, 6.45) is 2.31. The van der Waals surface area contributed by atoms with Crippen LogP contribution in [0.4, 0.5) is 11.4 Å². The molecule has 1 aliphatic rings. The number of amides is 2. The van der Waals surface area contributed by atoms with Crippen molar-refractivity contribution in [3.63, 3.8) is 0 Å². The Morgan fingerprint density at radius 3 is 2.70 bits per heavy atom. The molecule has 1 aromatic carbocycles. The molecule has 1 saturated heterocycles. The van der Waals surface area contributed by atoms with E-state index in [1.807, 2.05) is 0 Å². The van der Waals surface area contributed by atoms with E-state index in [2.05, 4.69) is 10.6 Å². The molecule has 2 amide bonds. The van der Waals surface area contributed by atoms with Gasteiger partial charge in [0.1, 0.15) is 9.96 Å². The first-order valence-corrected chi connectivity index (χ1v) is 11.9. The van der Waals surface area contributed by atoms with Crippen molar-refractivity contribution in [3.8, 4) is 5.75 Å². The van der Waals surface area contributed by atoms with E-state index >= 15 is 0 Å². The number of nitrogens with zero attached hydrogens (tertiary/aromatic N) is 1. The van der Waals surface area contributed by atoms with Crippen LogP contribution in [0.1, 0.15) is 32.6 Å². The van der Waals surface area contributed by atoms with Gasteiger partial charge in [0.25, 0.3) is 10.0 Å². The van der Waals surface area contributed by atoms with Gasteiger partial charge < -0.3 is 15.4 Å². The van der Waals surface area contributed by atoms with E-state index in [1.54, 1.807) is 35.7 Å². The van der Waals surface area contributed by atoms with Gasteiger partial charge in [-0.3, -0.25) is 9.59 Å². The van der Waals surface area contributed by atoms with E-state index in [0.29, 0.717) is 34.3 Å². The number of carbonyl (C=O) groups excluding carboxylic acids is 2. The van der Waals surface area contributed by atoms with Crippen molar-refractivity contribution >= 4 is 44.5 Å². The van der Waals surface area contributed by atoms with Crippen LogP contribution in [0.2, 0.25) is 0 Å². The van der Waals surface area contributed by atoms with Crippen LogP contribution in [0.5, 0.6) is 5.75 Å². The molecule has 8 nitrogen and oxygen atoms in total. The molecule has 1 aliphatic heterocycles. The van der Waals surface area contributed by atoms with Gasteiger partial charge in [0.2, 0.25) is 11.8 Å². The third-order valence-electron chi connectivity index (χ3n) is 4.85. The lowest BCUT2D eigenvalue weighted by atomic mass is 10.0. The number of benzene rings is 1. The van der Waals surface area contributed by atoms with Gasteiger partial charge in [0.05, 0.1) is 12.8 Å². The number of methoxy groups -OCH3 is 1. The van der Waals surface area contributed by atoms with Crippen LogP contribution in [-0.2, 0) is 19.6 Å². The maximum Gasteiger partial charge on any atom is 0.252 e. The summed E-state index contributed by atoms with van der Waals surface area (Å²) in [5, 5.41) is 7.19. The summed E-state index contributed by atoms with van der Waals surface area (Å²) in [6.45, 7) is 1.80. The SMILES string of the molecule is COc1ccc(NC(C)=O)cc1NC(=O)C[C@H]1CCCCN1S(=O)(=O)c1cccs1. The van der Waals surface area contributed by atoms with Crippen molar-refractivity contribution in [2.24, 2.45) is 0 Å². The topological polar surface area (TPSA) is 105 Å². The molecule has 0 bridgehead atoms. The van der Waals surface area contributed by atoms with Crippen molar-refractivity contribution in [2.45, 2.75) is 42.9 Å². The molecule has 2 N–H and O–H groups in total. The Morgan fingerprint density at radius 1 is 1.23 bits per heavy atom. The molecule has 10 heteroatoms. The number of sulfonamides is 1. The van der Waals surface area contributed by atoms with E-state index in [4.69, 9.17) is 4.74 Å².